The van der Waals surface area contributed by atoms with Gasteiger partial charge in [-0.05, 0) is 38.5 Å². The van der Waals surface area contributed by atoms with E-state index in [1.54, 1.807) is 49.4 Å². The van der Waals surface area contributed by atoms with Crippen molar-refractivity contribution in [2.75, 3.05) is 11.5 Å². The zero-order valence-electron chi connectivity index (χ0n) is 17.8. The van der Waals surface area contributed by atoms with Crippen LogP contribution in [0.5, 0.6) is 11.5 Å². The molecule has 1 aromatic heterocycles. The normalized spacial score (nSPS) is 17.7. The molecule has 1 fully saturated rings. The van der Waals surface area contributed by atoms with Gasteiger partial charge in [0.2, 0.25) is 0 Å². The number of nitrogens with zero attached hydrogens (tertiary/aromatic N) is 2. The van der Waals surface area contributed by atoms with E-state index in [-0.39, 0.29) is 22.8 Å². The van der Waals surface area contributed by atoms with Crippen LogP contribution < -0.4 is 9.64 Å². The zero-order valence-corrected chi connectivity index (χ0v) is 18.6. The fourth-order valence-corrected chi connectivity index (χ4v) is 4.56. The van der Waals surface area contributed by atoms with E-state index >= 15 is 0 Å². The number of aliphatic hydroxyl groups excluding tert-OH is 1. The van der Waals surface area contributed by atoms with Crippen LogP contribution in [0.1, 0.15) is 34.7 Å². The van der Waals surface area contributed by atoms with Gasteiger partial charge in [0.25, 0.3) is 5.78 Å². The van der Waals surface area contributed by atoms with E-state index in [1.165, 1.54) is 22.3 Å². The van der Waals surface area contributed by atoms with Gasteiger partial charge in [0, 0.05) is 10.4 Å². The quantitative estimate of drug-likeness (QED) is 0.338. The highest BCUT2D eigenvalue weighted by Gasteiger charge is 2.48. The molecular formula is C24H22N2O5S. The van der Waals surface area contributed by atoms with Gasteiger partial charge in [-0.3, -0.25) is 14.5 Å². The van der Waals surface area contributed by atoms with Gasteiger partial charge >= 0.3 is 5.91 Å². The van der Waals surface area contributed by atoms with Crippen LogP contribution in [0.3, 0.4) is 0 Å². The van der Waals surface area contributed by atoms with Crippen molar-refractivity contribution in [3.05, 3.63) is 75.8 Å². The molecule has 164 valence electrons. The average Bonchev–Trinajstić information content (AvgIpc) is 3.25. The predicted molar refractivity (Wildman–Crippen MR) is 122 cm³/mol. The summed E-state index contributed by atoms with van der Waals surface area (Å²) in [5, 5.41) is 21.6. The van der Waals surface area contributed by atoms with E-state index < -0.39 is 17.7 Å². The van der Waals surface area contributed by atoms with Crippen molar-refractivity contribution in [2.24, 2.45) is 0 Å². The van der Waals surface area contributed by atoms with Gasteiger partial charge in [0.1, 0.15) is 5.76 Å². The number of aromatic nitrogens is 1. The molecule has 0 radical (unpaired) electrons. The van der Waals surface area contributed by atoms with Crippen LogP contribution in [0, 0.1) is 13.8 Å². The Morgan fingerprint density at radius 2 is 1.88 bits per heavy atom. The molecule has 0 aliphatic carbocycles. The number of carbonyl (C=O) groups excluding carboxylic acids is 2. The molecule has 0 bridgehead atoms. The highest BCUT2D eigenvalue weighted by atomic mass is 32.1. The molecule has 2 aromatic carbocycles. The molecule has 7 nitrogen and oxygen atoms in total. The van der Waals surface area contributed by atoms with E-state index in [1.807, 2.05) is 13.8 Å². The van der Waals surface area contributed by atoms with Crippen molar-refractivity contribution in [2.45, 2.75) is 26.8 Å². The van der Waals surface area contributed by atoms with Gasteiger partial charge in [-0.15, -0.1) is 11.3 Å². The van der Waals surface area contributed by atoms with Crippen LogP contribution in [0.4, 0.5) is 5.13 Å². The Bertz CT molecular complexity index is 1210. The first kappa shape index (κ1) is 21.6. The van der Waals surface area contributed by atoms with Crippen LogP contribution in [-0.2, 0) is 9.59 Å². The first-order chi connectivity index (χ1) is 15.3. The van der Waals surface area contributed by atoms with Gasteiger partial charge in [0.15, 0.2) is 16.6 Å². The monoisotopic (exact) mass is 450 g/mol. The van der Waals surface area contributed by atoms with Crippen molar-refractivity contribution in [1.82, 2.24) is 4.98 Å². The minimum Gasteiger partial charge on any atom is -0.507 e. The summed E-state index contributed by atoms with van der Waals surface area (Å²) in [6.07, 6.45) is 0. The molecule has 2 N–H and O–H groups in total. The number of carbonyl (C=O) groups is 2. The van der Waals surface area contributed by atoms with Gasteiger partial charge in [-0.2, -0.15) is 0 Å². The number of aryl methyl sites for hydroxylation is 2. The Morgan fingerprint density at radius 1 is 1.16 bits per heavy atom. The number of hydrogen-bond acceptors (Lipinski definition) is 7. The Labute approximate surface area is 189 Å². The Morgan fingerprint density at radius 3 is 2.50 bits per heavy atom. The van der Waals surface area contributed by atoms with Crippen molar-refractivity contribution < 1.29 is 24.5 Å². The third kappa shape index (κ3) is 3.62. The summed E-state index contributed by atoms with van der Waals surface area (Å²) >= 11 is 1.30. The van der Waals surface area contributed by atoms with Crippen LogP contribution in [0.25, 0.3) is 5.76 Å². The maximum atomic E-state index is 13.2. The van der Waals surface area contributed by atoms with Crippen LogP contribution in [0.2, 0.25) is 0 Å². The maximum absolute atomic E-state index is 13.2. The molecule has 0 saturated carbocycles. The number of anilines is 1. The summed E-state index contributed by atoms with van der Waals surface area (Å²) in [6.45, 7) is 5.83. The highest BCUT2D eigenvalue weighted by molar-refractivity contribution is 7.16. The highest BCUT2D eigenvalue weighted by Crippen LogP contribution is 2.45. The third-order valence-corrected chi connectivity index (χ3v) is 6.39. The number of thiazole rings is 1. The van der Waals surface area contributed by atoms with Crippen LogP contribution in [-0.4, -0.2) is 33.5 Å². The molecule has 8 heteroatoms. The van der Waals surface area contributed by atoms with E-state index in [2.05, 4.69) is 4.98 Å². The van der Waals surface area contributed by atoms with E-state index in [4.69, 9.17) is 4.74 Å². The molecule has 32 heavy (non-hydrogen) atoms. The molecule has 1 atom stereocenters. The second kappa shape index (κ2) is 8.47. The lowest BCUT2D eigenvalue weighted by Gasteiger charge is -2.23. The summed E-state index contributed by atoms with van der Waals surface area (Å²) in [6, 6.07) is 12.3. The standard InChI is InChI=1S/C24H22N2O5S/c1-4-31-18-12-16(10-11-17(18)27)20-19(21(28)15-8-6-5-7-9-15)22(29)23(30)26(20)24-25-13(2)14(3)32-24/h5-12,20,27-28H,4H2,1-3H3/b21-19+. The van der Waals surface area contributed by atoms with Crippen molar-refractivity contribution in [1.29, 1.82) is 0 Å². The number of phenols is 1. The number of amides is 1. The molecule has 1 aliphatic heterocycles. The van der Waals surface area contributed by atoms with E-state index in [9.17, 15) is 19.8 Å². The second-order valence-corrected chi connectivity index (χ2v) is 8.51. The number of rotatable bonds is 5. The molecule has 1 aliphatic rings. The van der Waals surface area contributed by atoms with Gasteiger partial charge in [0.05, 0.1) is 23.9 Å². The lowest BCUT2D eigenvalue weighted by atomic mass is 9.95. The predicted octanol–water partition coefficient (Wildman–Crippen LogP) is 4.49. The summed E-state index contributed by atoms with van der Waals surface area (Å²) < 4.78 is 5.51. The minimum absolute atomic E-state index is 0.0418. The van der Waals surface area contributed by atoms with Gasteiger partial charge in [-0.1, -0.05) is 36.4 Å². The lowest BCUT2D eigenvalue weighted by molar-refractivity contribution is -0.132. The first-order valence-corrected chi connectivity index (χ1v) is 10.9. The van der Waals surface area contributed by atoms with Crippen molar-refractivity contribution in [3.63, 3.8) is 0 Å². The molecule has 1 amide bonds. The summed E-state index contributed by atoms with van der Waals surface area (Å²) in [4.78, 5) is 33.0. The van der Waals surface area contributed by atoms with Crippen LogP contribution >= 0.6 is 11.3 Å². The number of ether oxygens (including phenoxy) is 1. The van der Waals surface area contributed by atoms with Crippen LogP contribution in [0.15, 0.2) is 54.1 Å². The SMILES string of the molecule is CCOc1cc(C2/C(=C(\O)c3ccccc3)C(=O)C(=O)N2c2nc(C)c(C)s2)ccc1O. The molecule has 1 saturated heterocycles. The summed E-state index contributed by atoms with van der Waals surface area (Å²) in [5.74, 6) is -1.68. The number of aliphatic hydroxyl groups is 1. The summed E-state index contributed by atoms with van der Waals surface area (Å²) in [5.41, 5.74) is 1.65. The average molecular weight is 451 g/mol. The molecule has 1 unspecified atom stereocenters. The second-order valence-electron chi connectivity index (χ2n) is 7.33. The molecule has 0 spiro atoms. The van der Waals surface area contributed by atoms with Gasteiger partial charge in [-0.25, -0.2) is 4.98 Å². The number of hydrogen-bond donors (Lipinski definition) is 2. The lowest BCUT2D eigenvalue weighted by Crippen LogP contribution is -2.29. The fourth-order valence-electron chi connectivity index (χ4n) is 3.63. The Kier molecular flexibility index (Phi) is 5.71. The Hall–Kier alpha value is -3.65. The fraction of sp³-hybridized carbons (Fsp3) is 0.208. The van der Waals surface area contributed by atoms with Crippen molar-refractivity contribution in [3.8, 4) is 11.5 Å². The van der Waals surface area contributed by atoms with E-state index in [0.717, 1.165) is 10.6 Å². The first-order valence-electron chi connectivity index (χ1n) is 10.1. The summed E-state index contributed by atoms with van der Waals surface area (Å²) in [7, 11) is 0. The number of aromatic hydroxyl groups is 1. The maximum Gasteiger partial charge on any atom is 0.301 e. The smallest absolute Gasteiger partial charge is 0.301 e. The Balaban J connectivity index is 1.96. The molecule has 2 heterocycles. The molecular weight excluding hydrogens is 428 g/mol. The molecule has 4 rings (SSSR count). The largest absolute Gasteiger partial charge is 0.507 e. The van der Waals surface area contributed by atoms with Gasteiger partial charge < -0.3 is 14.9 Å². The third-order valence-electron chi connectivity index (χ3n) is 5.31. The zero-order chi connectivity index (χ0) is 23.0. The van der Waals surface area contributed by atoms with Crippen molar-refractivity contribution >= 4 is 33.9 Å². The topological polar surface area (TPSA) is 100.0 Å². The number of Topliss-reactive ketones (excluding diaryl/α,β-unsaturated/α-hetero) is 1. The van der Waals surface area contributed by atoms with E-state index in [0.29, 0.717) is 22.9 Å². The number of ketones is 1. The number of benzene rings is 2. The molecule has 3 aromatic rings. The number of phenolic OH excluding ortho intramolecular Hbond substituents is 1. The minimum atomic E-state index is -0.931.